The average Bonchev–Trinajstić information content (AvgIpc) is 4.13. The van der Waals surface area contributed by atoms with Gasteiger partial charge in [0.1, 0.15) is 68.7 Å². The van der Waals surface area contributed by atoms with E-state index in [1.54, 1.807) is 24.5 Å². The Labute approximate surface area is 475 Å². The molecular weight excluding hydrogens is 1050 g/mol. The van der Waals surface area contributed by atoms with Crippen molar-refractivity contribution in [2.45, 2.75) is 46.1 Å². The minimum absolute atomic E-state index is 0.0965. The van der Waals surface area contributed by atoms with Crippen molar-refractivity contribution in [1.29, 1.82) is 5.26 Å². The molecule has 4 aromatic heterocycles. The number of hydrogen-bond donors (Lipinski definition) is 2. The van der Waals surface area contributed by atoms with Gasteiger partial charge in [-0.15, -0.1) is 0 Å². The first-order valence-electron chi connectivity index (χ1n) is 27.1. The number of carbonyl (C=O) groups is 1. The maximum Gasteiger partial charge on any atom is 0.246 e. The van der Waals surface area contributed by atoms with E-state index in [2.05, 4.69) is 61.5 Å². The van der Waals surface area contributed by atoms with Gasteiger partial charge in [0, 0.05) is 90.9 Å². The van der Waals surface area contributed by atoms with Gasteiger partial charge in [-0.1, -0.05) is 41.9 Å². The van der Waals surface area contributed by atoms with E-state index in [1.165, 1.54) is 11.9 Å². The SMILES string of the molecule is Cc1c(COc2cc(OCc3cncc(C#N)c3)c(CNCCNC(=O)COCCOCCOCCOCCOc3ccc4c(-c5c(-c6ccccn6)nn6c5CCC6)ccnc4c3)cc2Cl)cccc1-c1ccc2c(c1)OCCO2. The number of nitriles is 1. The number of rotatable bonds is 29. The molecule has 0 spiro atoms. The zero-order valence-corrected chi connectivity index (χ0v) is 45.9. The number of aromatic nitrogens is 5. The summed E-state index contributed by atoms with van der Waals surface area (Å²) in [5, 5.41) is 22.0. The lowest BCUT2D eigenvalue weighted by Crippen LogP contribution is -2.34. The highest BCUT2D eigenvalue weighted by molar-refractivity contribution is 6.32. The normalized spacial score (nSPS) is 12.5. The smallest absolute Gasteiger partial charge is 0.246 e. The number of halogens is 1. The molecule has 4 aromatic carbocycles. The molecule has 0 atom stereocenters. The number of pyridine rings is 3. The van der Waals surface area contributed by atoms with Gasteiger partial charge in [0.2, 0.25) is 5.91 Å². The highest BCUT2D eigenvalue weighted by Gasteiger charge is 2.26. The van der Waals surface area contributed by atoms with Crippen molar-refractivity contribution in [2.24, 2.45) is 0 Å². The molecule has 2 aliphatic heterocycles. The largest absolute Gasteiger partial charge is 0.491 e. The van der Waals surface area contributed by atoms with E-state index in [4.69, 9.17) is 59.3 Å². The molecule has 1 amide bonds. The van der Waals surface area contributed by atoms with Crippen LogP contribution in [0.3, 0.4) is 0 Å². The molecule has 2 N–H and O–H groups in total. The number of amides is 1. The van der Waals surface area contributed by atoms with Gasteiger partial charge in [0.25, 0.3) is 0 Å². The van der Waals surface area contributed by atoms with Gasteiger partial charge >= 0.3 is 0 Å². The predicted molar refractivity (Wildman–Crippen MR) is 305 cm³/mol. The molecule has 81 heavy (non-hydrogen) atoms. The highest BCUT2D eigenvalue weighted by Crippen LogP contribution is 2.41. The first kappa shape index (κ1) is 56.1. The average molecular weight is 1120 g/mol. The van der Waals surface area contributed by atoms with E-state index in [0.29, 0.717) is 101 Å². The molecule has 0 fully saturated rings. The van der Waals surface area contributed by atoms with E-state index in [-0.39, 0.29) is 32.3 Å². The summed E-state index contributed by atoms with van der Waals surface area (Å²) in [6, 6.07) is 33.5. The van der Waals surface area contributed by atoms with Crippen molar-refractivity contribution in [2.75, 3.05) is 85.8 Å². The topological polar surface area (TPSA) is 204 Å². The summed E-state index contributed by atoms with van der Waals surface area (Å²) in [6.07, 6.45) is 8.85. The summed E-state index contributed by atoms with van der Waals surface area (Å²) in [5.74, 6) is 2.94. The summed E-state index contributed by atoms with van der Waals surface area (Å²) < 4.78 is 54.8. The Morgan fingerprint density at radius 3 is 2.38 bits per heavy atom. The molecular formula is C62H63ClN8O10. The Kier molecular flexibility index (Phi) is 19.6. The molecule has 0 radical (unpaired) electrons. The lowest BCUT2D eigenvalue weighted by molar-refractivity contribution is -0.126. The van der Waals surface area contributed by atoms with Crippen LogP contribution in [0.5, 0.6) is 28.7 Å². The van der Waals surface area contributed by atoms with Gasteiger partial charge < -0.3 is 53.3 Å². The monoisotopic (exact) mass is 1110 g/mol. The molecule has 418 valence electrons. The zero-order valence-electron chi connectivity index (χ0n) is 45.1. The van der Waals surface area contributed by atoms with Crippen molar-refractivity contribution in [3.63, 3.8) is 0 Å². The number of aryl methyl sites for hydroxylation is 1. The summed E-state index contributed by atoms with van der Waals surface area (Å²) in [5.41, 5.74) is 12.1. The molecule has 2 aliphatic rings. The van der Waals surface area contributed by atoms with E-state index in [9.17, 15) is 10.1 Å². The second-order valence-electron chi connectivity index (χ2n) is 19.1. The van der Waals surface area contributed by atoms with Crippen LogP contribution in [0.2, 0.25) is 5.02 Å². The first-order valence-corrected chi connectivity index (χ1v) is 27.5. The molecule has 18 nitrogen and oxygen atoms in total. The standard InChI is InChI=1S/C62H63ClN8O10/c1-42-46(6-4-7-49(42)45-10-13-56-59(32-45)79-29-28-78-56)40-81-58-34-57(80-39-44-30-43(35-64)36-66-37-44)47(31-52(58)63)38-65-17-18-69-60(72)41-76-25-24-74-21-20-73-22-23-75-26-27-77-48-11-12-50-51(14-16-68-54(50)33-48)61-55-9-5-19-71(55)70-62(61)53-8-2-3-15-67-53/h2-4,6-8,10-16,30-34,36-37,65H,5,9,17-29,38-41H2,1H3,(H,69,72). The van der Waals surface area contributed by atoms with Crippen LogP contribution in [-0.4, -0.2) is 116 Å². The third kappa shape index (κ3) is 14.8. The van der Waals surface area contributed by atoms with Crippen molar-refractivity contribution in [3.05, 3.63) is 160 Å². The Bertz CT molecular complexity index is 3470. The van der Waals surface area contributed by atoms with Gasteiger partial charge in [0.05, 0.1) is 68.0 Å². The Morgan fingerprint density at radius 1 is 0.741 bits per heavy atom. The number of hydrogen-bond acceptors (Lipinski definition) is 16. The van der Waals surface area contributed by atoms with Crippen LogP contribution in [0.1, 0.15) is 39.9 Å². The van der Waals surface area contributed by atoms with Gasteiger partial charge in [0.15, 0.2) is 11.5 Å². The molecule has 19 heteroatoms. The number of nitrogens with zero attached hydrogens (tertiary/aromatic N) is 6. The minimum Gasteiger partial charge on any atom is -0.491 e. The van der Waals surface area contributed by atoms with E-state index < -0.39 is 0 Å². The lowest BCUT2D eigenvalue weighted by Gasteiger charge is -2.20. The second-order valence-corrected chi connectivity index (χ2v) is 19.5. The summed E-state index contributed by atoms with van der Waals surface area (Å²) >= 11 is 6.85. The summed E-state index contributed by atoms with van der Waals surface area (Å²) in [7, 11) is 0. The maximum atomic E-state index is 12.5. The van der Waals surface area contributed by atoms with Crippen LogP contribution in [0.25, 0.3) is 44.5 Å². The highest BCUT2D eigenvalue weighted by atomic mass is 35.5. The van der Waals surface area contributed by atoms with Gasteiger partial charge in [-0.05, 0) is 102 Å². The Morgan fingerprint density at radius 2 is 1.56 bits per heavy atom. The molecule has 0 bridgehead atoms. The zero-order chi connectivity index (χ0) is 55.6. The third-order valence-corrected chi connectivity index (χ3v) is 13.9. The van der Waals surface area contributed by atoms with Crippen molar-refractivity contribution in [3.8, 4) is 68.5 Å². The third-order valence-electron chi connectivity index (χ3n) is 13.6. The van der Waals surface area contributed by atoms with E-state index >= 15 is 0 Å². The quantitative estimate of drug-likeness (QED) is 0.0419. The molecule has 0 saturated heterocycles. The van der Waals surface area contributed by atoms with Crippen LogP contribution in [0.15, 0.2) is 122 Å². The fraction of sp³-hybridized carbons (Fsp3) is 0.323. The number of benzene rings is 4. The van der Waals surface area contributed by atoms with Gasteiger partial charge in [-0.3, -0.25) is 24.4 Å². The van der Waals surface area contributed by atoms with Gasteiger partial charge in [-0.25, -0.2) is 0 Å². The number of ether oxygens (including phenoxy) is 9. The molecule has 0 aliphatic carbocycles. The van der Waals surface area contributed by atoms with Crippen LogP contribution in [0, 0.1) is 18.3 Å². The fourth-order valence-electron chi connectivity index (χ4n) is 9.61. The number of carbonyl (C=O) groups excluding carboxylic acids is 1. The van der Waals surface area contributed by atoms with Crippen molar-refractivity contribution < 1.29 is 47.4 Å². The lowest BCUT2D eigenvalue weighted by atomic mass is 9.96. The predicted octanol–water partition coefficient (Wildman–Crippen LogP) is 9.28. The number of fused-ring (bicyclic) bond motifs is 3. The van der Waals surface area contributed by atoms with Crippen LogP contribution < -0.4 is 34.3 Å². The molecule has 10 rings (SSSR count). The van der Waals surface area contributed by atoms with Crippen LogP contribution in [0.4, 0.5) is 0 Å². The Hall–Kier alpha value is -8.15. The van der Waals surface area contributed by atoms with Crippen molar-refractivity contribution >= 4 is 28.4 Å². The second kappa shape index (κ2) is 28.3. The minimum atomic E-state index is -0.243. The molecule has 0 saturated carbocycles. The van der Waals surface area contributed by atoms with Crippen LogP contribution in [-0.2, 0) is 56.5 Å². The Balaban J connectivity index is 0.589. The molecule has 8 aromatic rings. The summed E-state index contributed by atoms with van der Waals surface area (Å²) in [6.45, 7) is 8.54. The molecule has 6 heterocycles. The number of nitrogens with one attached hydrogen (secondary N) is 2. The van der Waals surface area contributed by atoms with E-state index in [0.717, 1.165) is 103 Å². The van der Waals surface area contributed by atoms with Crippen molar-refractivity contribution in [1.82, 2.24) is 35.4 Å². The fourth-order valence-corrected chi connectivity index (χ4v) is 9.85. The van der Waals surface area contributed by atoms with Crippen LogP contribution >= 0.6 is 11.6 Å². The maximum absolute atomic E-state index is 12.5. The van der Waals surface area contributed by atoms with Gasteiger partial charge in [-0.2, -0.15) is 10.4 Å². The first-order chi connectivity index (χ1) is 39.9. The van der Waals surface area contributed by atoms with E-state index in [1.807, 2.05) is 72.9 Å². The summed E-state index contributed by atoms with van der Waals surface area (Å²) in [4.78, 5) is 26.0. The molecule has 0 unspecified atom stereocenters.